The molecule has 0 bridgehead atoms. The van der Waals surface area contributed by atoms with Crippen molar-refractivity contribution >= 4 is 0 Å². The molecule has 2 heterocycles. The molecule has 2 rings (SSSR count). The van der Waals surface area contributed by atoms with Gasteiger partial charge in [0, 0.05) is 12.1 Å². The van der Waals surface area contributed by atoms with E-state index in [2.05, 4.69) is 18.8 Å². The third-order valence-corrected chi connectivity index (χ3v) is 2.64. The number of aromatic nitrogens is 1. The highest BCUT2D eigenvalue weighted by molar-refractivity contribution is 5.31. The van der Waals surface area contributed by atoms with Crippen LogP contribution in [0.3, 0.4) is 0 Å². The highest BCUT2D eigenvalue weighted by Crippen LogP contribution is 2.35. The van der Waals surface area contributed by atoms with Crippen molar-refractivity contribution in [2.24, 2.45) is 5.92 Å². The Morgan fingerprint density at radius 1 is 1.54 bits per heavy atom. The fourth-order valence-corrected chi connectivity index (χ4v) is 1.88. The standard InChI is InChI=1S/C11H15NO/c1-8(2)9-5-7-13-10-4-3-6-12-11(9)10/h3-4,6,8-9H,5,7H2,1-2H3/t9-/m1/s1. The molecule has 1 aliphatic heterocycles. The predicted molar refractivity (Wildman–Crippen MR) is 51.9 cm³/mol. The predicted octanol–water partition coefficient (Wildman–Crippen LogP) is 2.60. The molecule has 13 heavy (non-hydrogen) atoms. The van der Waals surface area contributed by atoms with Crippen LogP contribution in [0.5, 0.6) is 5.75 Å². The van der Waals surface area contributed by atoms with E-state index in [1.165, 1.54) is 0 Å². The van der Waals surface area contributed by atoms with Gasteiger partial charge >= 0.3 is 0 Å². The van der Waals surface area contributed by atoms with Crippen LogP contribution in [0.15, 0.2) is 18.3 Å². The second kappa shape index (κ2) is 3.36. The molecule has 2 nitrogen and oxygen atoms in total. The van der Waals surface area contributed by atoms with Gasteiger partial charge in [-0.25, -0.2) is 0 Å². The smallest absolute Gasteiger partial charge is 0.141 e. The number of ether oxygens (including phenoxy) is 1. The van der Waals surface area contributed by atoms with Crippen LogP contribution in [0.2, 0.25) is 0 Å². The lowest BCUT2D eigenvalue weighted by Crippen LogP contribution is -2.19. The molecule has 70 valence electrons. The SMILES string of the molecule is CC(C)[C@H]1CCOc2cccnc21. The van der Waals surface area contributed by atoms with Crippen molar-refractivity contribution in [2.75, 3.05) is 6.61 Å². The van der Waals surface area contributed by atoms with Gasteiger partial charge in [0.2, 0.25) is 0 Å². The van der Waals surface area contributed by atoms with E-state index in [1.54, 1.807) is 0 Å². The van der Waals surface area contributed by atoms with Crippen molar-refractivity contribution in [3.63, 3.8) is 0 Å². The van der Waals surface area contributed by atoms with E-state index in [9.17, 15) is 0 Å². The molecular formula is C11H15NO. The van der Waals surface area contributed by atoms with Crippen molar-refractivity contribution in [1.29, 1.82) is 0 Å². The Bertz CT molecular complexity index is 296. The van der Waals surface area contributed by atoms with Crippen LogP contribution >= 0.6 is 0 Å². The molecule has 1 aliphatic rings. The largest absolute Gasteiger partial charge is 0.492 e. The fourth-order valence-electron chi connectivity index (χ4n) is 1.88. The van der Waals surface area contributed by atoms with Crippen molar-refractivity contribution in [3.05, 3.63) is 24.0 Å². The Labute approximate surface area is 78.9 Å². The van der Waals surface area contributed by atoms with Gasteiger partial charge in [-0.3, -0.25) is 4.98 Å². The topological polar surface area (TPSA) is 22.1 Å². The first-order chi connectivity index (χ1) is 6.29. The zero-order chi connectivity index (χ0) is 9.26. The normalized spacial score (nSPS) is 21.0. The summed E-state index contributed by atoms with van der Waals surface area (Å²) in [5, 5.41) is 0. The fraction of sp³-hybridized carbons (Fsp3) is 0.545. The number of fused-ring (bicyclic) bond motifs is 1. The Morgan fingerprint density at radius 2 is 2.38 bits per heavy atom. The lowest BCUT2D eigenvalue weighted by molar-refractivity contribution is 0.242. The number of nitrogens with zero attached hydrogens (tertiary/aromatic N) is 1. The molecule has 0 fully saturated rings. The maximum Gasteiger partial charge on any atom is 0.141 e. The molecule has 0 spiro atoms. The zero-order valence-corrected chi connectivity index (χ0v) is 8.16. The summed E-state index contributed by atoms with van der Waals surface area (Å²) < 4.78 is 5.54. The van der Waals surface area contributed by atoms with E-state index in [-0.39, 0.29) is 0 Å². The third kappa shape index (κ3) is 1.53. The summed E-state index contributed by atoms with van der Waals surface area (Å²) in [4.78, 5) is 4.40. The first kappa shape index (κ1) is 8.54. The van der Waals surface area contributed by atoms with Crippen LogP contribution in [0.1, 0.15) is 31.9 Å². The van der Waals surface area contributed by atoms with Crippen molar-refractivity contribution in [3.8, 4) is 5.75 Å². The molecule has 1 atom stereocenters. The van der Waals surface area contributed by atoms with E-state index in [1.807, 2.05) is 18.3 Å². The van der Waals surface area contributed by atoms with Gasteiger partial charge in [0.1, 0.15) is 5.75 Å². The maximum absolute atomic E-state index is 5.54. The van der Waals surface area contributed by atoms with Gasteiger partial charge in [0.15, 0.2) is 0 Å². The molecule has 1 aromatic rings. The second-order valence-electron chi connectivity index (χ2n) is 3.87. The number of rotatable bonds is 1. The molecule has 0 saturated heterocycles. The Morgan fingerprint density at radius 3 is 3.15 bits per heavy atom. The number of hydrogen-bond acceptors (Lipinski definition) is 2. The summed E-state index contributed by atoms with van der Waals surface area (Å²) in [6.45, 7) is 5.32. The lowest BCUT2D eigenvalue weighted by atomic mass is 9.87. The number of pyridine rings is 1. The molecule has 0 radical (unpaired) electrons. The highest BCUT2D eigenvalue weighted by Gasteiger charge is 2.24. The molecule has 0 saturated carbocycles. The van der Waals surface area contributed by atoms with Gasteiger partial charge in [-0.05, 0) is 24.5 Å². The van der Waals surface area contributed by atoms with Gasteiger partial charge in [-0.2, -0.15) is 0 Å². The van der Waals surface area contributed by atoms with Crippen molar-refractivity contribution < 1.29 is 4.74 Å². The molecule has 0 aliphatic carbocycles. The summed E-state index contributed by atoms with van der Waals surface area (Å²) in [6, 6.07) is 3.94. The molecule has 0 amide bonds. The summed E-state index contributed by atoms with van der Waals surface area (Å²) in [5.41, 5.74) is 1.14. The molecular weight excluding hydrogens is 162 g/mol. The van der Waals surface area contributed by atoms with Crippen LogP contribution in [-0.2, 0) is 0 Å². The van der Waals surface area contributed by atoms with Crippen molar-refractivity contribution in [2.45, 2.75) is 26.2 Å². The summed E-state index contributed by atoms with van der Waals surface area (Å²) in [7, 11) is 0. The quantitative estimate of drug-likeness (QED) is 0.657. The minimum atomic E-state index is 0.574. The van der Waals surface area contributed by atoms with E-state index < -0.39 is 0 Å². The van der Waals surface area contributed by atoms with Gasteiger partial charge in [0.25, 0.3) is 0 Å². The molecule has 2 heteroatoms. The third-order valence-electron chi connectivity index (χ3n) is 2.64. The van der Waals surface area contributed by atoms with Crippen molar-refractivity contribution in [1.82, 2.24) is 4.98 Å². The molecule has 0 aromatic carbocycles. The Balaban J connectivity index is 2.37. The first-order valence-electron chi connectivity index (χ1n) is 4.86. The minimum Gasteiger partial charge on any atom is -0.492 e. The van der Waals surface area contributed by atoms with E-state index in [0.717, 1.165) is 24.5 Å². The average Bonchev–Trinajstić information content (AvgIpc) is 2.17. The van der Waals surface area contributed by atoms with Crippen LogP contribution in [0.25, 0.3) is 0 Å². The number of hydrogen-bond donors (Lipinski definition) is 0. The minimum absolute atomic E-state index is 0.574. The maximum atomic E-state index is 5.54. The summed E-state index contributed by atoms with van der Waals surface area (Å²) in [5.74, 6) is 2.20. The zero-order valence-electron chi connectivity index (χ0n) is 8.16. The molecule has 0 N–H and O–H groups in total. The molecule has 0 unspecified atom stereocenters. The summed E-state index contributed by atoms with van der Waals surface area (Å²) >= 11 is 0. The Hall–Kier alpha value is -1.05. The second-order valence-corrected chi connectivity index (χ2v) is 3.87. The summed E-state index contributed by atoms with van der Waals surface area (Å²) in [6.07, 6.45) is 2.95. The Kier molecular flexibility index (Phi) is 2.21. The average molecular weight is 177 g/mol. The monoisotopic (exact) mass is 177 g/mol. The van der Waals surface area contributed by atoms with Crippen LogP contribution in [0.4, 0.5) is 0 Å². The van der Waals surface area contributed by atoms with E-state index >= 15 is 0 Å². The van der Waals surface area contributed by atoms with Gasteiger partial charge in [-0.1, -0.05) is 13.8 Å². The van der Waals surface area contributed by atoms with E-state index in [0.29, 0.717) is 11.8 Å². The van der Waals surface area contributed by atoms with Gasteiger partial charge < -0.3 is 4.74 Å². The van der Waals surface area contributed by atoms with Crippen LogP contribution in [-0.4, -0.2) is 11.6 Å². The lowest BCUT2D eigenvalue weighted by Gasteiger charge is -2.27. The van der Waals surface area contributed by atoms with Gasteiger partial charge in [-0.15, -0.1) is 0 Å². The van der Waals surface area contributed by atoms with Gasteiger partial charge in [0.05, 0.1) is 12.3 Å². The molecule has 1 aromatic heterocycles. The highest BCUT2D eigenvalue weighted by atomic mass is 16.5. The van der Waals surface area contributed by atoms with Crippen LogP contribution < -0.4 is 4.74 Å². The first-order valence-corrected chi connectivity index (χ1v) is 4.86. The van der Waals surface area contributed by atoms with Crippen LogP contribution in [0, 0.1) is 5.92 Å². The van der Waals surface area contributed by atoms with E-state index in [4.69, 9.17) is 4.74 Å².